The molecule has 1 amide bonds. The SMILES string of the molecule is O=C(/C=C\c1ccccc1Cl)N1CCC(Nc2ccc(F)cc2)C(F)C1. The molecule has 136 valence electrons. The second-order valence-corrected chi connectivity index (χ2v) is 6.61. The Morgan fingerprint density at radius 1 is 1.19 bits per heavy atom. The molecule has 2 aromatic rings. The van der Waals surface area contributed by atoms with Crippen LogP contribution in [0, 0.1) is 5.82 Å². The van der Waals surface area contributed by atoms with Crippen molar-refractivity contribution in [2.75, 3.05) is 18.4 Å². The number of hydrogen-bond acceptors (Lipinski definition) is 2. The fraction of sp³-hybridized carbons (Fsp3) is 0.250. The minimum Gasteiger partial charge on any atom is -0.379 e. The van der Waals surface area contributed by atoms with Gasteiger partial charge in [0.2, 0.25) is 5.91 Å². The Morgan fingerprint density at radius 2 is 1.92 bits per heavy atom. The van der Waals surface area contributed by atoms with E-state index in [-0.39, 0.29) is 18.3 Å². The molecule has 2 aromatic carbocycles. The molecule has 1 heterocycles. The fourth-order valence-electron chi connectivity index (χ4n) is 2.90. The summed E-state index contributed by atoms with van der Waals surface area (Å²) in [4.78, 5) is 13.8. The molecule has 26 heavy (non-hydrogen) atoms. The van der Waals surface area contributed by atoms with Crippen LogP contribution in [0.5, 0.6) is 0 Å². The van der Waals surface area contributed by atoms with E-state index >= 15 is 0 Å². The third-order valence-corrected chi connectivity index (χ3v) is 4.70. The Kier molecular flexibility index (Phi) is 5.89. The normalized spacial score (nSPS) is 20.3. The molecule has 1 fully saturated rings. The van der Waals surface area contributed by atoms with Gasteiger partial charge in [-0.3, -0.25) is 4.79 Å². The van der Waals surface area contributed by atoms with E-state index < -0.39 is 12.2 Å². The van der Waals surface area contributed by atoms with Crippen LogP contribution in [0.3, 0.4) is 0 Å². The first-order valence-electron chi connectivity index (χ1n) is 8.40. The number of carbonyl (C=O) groups excluding carboxylic acids is 1. The summed E-state index contributed by atoms with van der Waals surface area (Å²) >= 11 is 6.05. The van der Waals surface area contributed by atoms with Crippen LogP contribution in [-0.4, -0.2) is 36.1 Å². The lowest BCUT2D eigenvalue weighted by atomic mass is 10.0. The number of hydrogen-bond donors (Lipinski definition) is 1. The van der Waals surface area contributed by atoms with E-state index in [1.807, 2.05) is 18.2 Å². The van der Waals surface area contributed by atoms with Gasteiger partial charge in [0, 0.05) is 23.3 Å². The molecule has 0 aromatic heterocycles. The van der Waals surface area contributed by atoms with Crippen LogP contribution >= 0.6 is 11.6 Å². The molecule has 6 heteroatoms. The average molecular weight is 377 g/mol. The van der Waals surface area contributed by atoms with Crippen molar-refractivity contribution in [2.45, 2.75) is 18.6 Å². The van der Waals surface area contributed by atoms with Crippen LogP contribution in [0.2, 0.25) is 5.02 Å². The van der Waals surface area contributed by atoms with Gasteiger partial charge in [0.15, 0.2) is 0 Å². The van der Waals surface area contributed by atoms with E-state index in [1.165, 1.54) is 23.1 Å². The number of piperidine rings is 1. The van der Waals surface area contributed by atoms with Crippen molar-refractivity contribution in [1.29, 1.82) is 0 Å². The van der Waals surface area contributed by atoms with E-state index in [4.69, 9.17) is 11.6 Å². The molecule has 1 N–H and O–H groups in total. The van der Waals surface area contributed by atoms with Gasteiger partial charge >= 0.3 is 0 Å². The largest absolute Gasteiger partial charge is 0.379 e. The molecule has 0 bridgehead atoms. The molecule has 1 aliphatic heterocycles. The lowest BCUT2D eigenvalue weighted by molar-refractivity contribution is -0.128. The first kappa shape index (κ1) is 18.4. The van der Waals surface area contributed by atoms with E-state index in [1.54, 1.807) is 24.3 Å². The minimum atomic E-state index is -1.20. The van der Waals surface area contributed by atoms with E-state index in [0.29, 0.717) is 23.7 Å². The highest BCUT2D eigenvalue weighted by Gasteiger charge is 2.30. The standard InChI is InChI=1S/C20H19ClF2N2O/c21-17-4-2-1-3-14(17)5-10-20(26)25-12-11-19(18(23)13-25)24-16-8-6-15(22)7-9-16/h1-10,18-19,24H,11-13H2/b10-5-. The summed E-state index contributed by atoms with van der Waals surface area (Å²) in [5.41, 5.74) is 1.41. The molecule has 2 atom stereocenters. The van der Waals surface area contributed by atoms with Gasteiger partial charge in [0.25, 0.3) is 0 Å². The lowest BCUT2D eigenvalue weighted by Gasteiger charge is -2.35. The summed E-state index contributed by atoms with van der Waals surface area (Å²) in [6.45, 7) is 0.468. The van der Waals surface area contributed by atoms with Gasteiger partial charge in [0.05, 0.1) is 12.6 Å². The molecule has 2 unspecified atom stereocenters. The van der Waals surface area contributed by atoms with Crippen molar-refractivity contribution in [3.63, 3.8) is 0 Å². The van der Waals surface area contributed by atoms with Gasteiger partial charge in [-0.15, -0.1) is 0 Å². The maximum Gasteiger partial charge on any atom is 0.246 e. The number of likely N-dealkylation sites (tertiary alicyclic amines) is 1. The van der Waals surface area contributed by atoms with Crippen molar-refractivity contribution in [2.24, 2.45) is 0 Å². The molecule has 0 saturated carbocycles. The summed E-state index contributed by atoms with van der Waals surface area (Å²) in [7, 11) is 0. The Morgan fingerprint density at radius 3 is 2.62 bits per heavy atom. The number of halogens is 3. The van der Waals surface area contributed by atoms with Crippen LogP contribution in [0.1, 0.15) is 12.0 Å². The second-order valence-electron chi connectivity index (χ2n) is 6.20. The van der Waals surface area contributed by atoms with Crippen LogP contribution in [0.25, 0.3) is 6.08 Å². The maximum absolute atomic E-state index is 14.5. The van der Waals surface area contributed by atoms with Crippen LogP contribution in [-0.2, 0) is 4.79 Å². The van der Waals surface area contributed by atoms with Crippen molar-refractivity contribution >= 4 is 29.3 Å². The maximum atomic E-state index is 14.5. The van der Waals surface area contributed by atoms with Crippen LogP contribution < -0.4 is 5.32 Å². The molecule has 0 aliphatic carbocycles. The molecule has 0 radical (unpaired) electrons. The summed E-state index contributed by atoms with van der Waals surface area (Å²) in [5.74, 6) is -0.578. The predicted octanol–water partition coefficient (Wildman–Crippen LogP) is 4.54. The number of nitrogens with zero attached hydrogens (tertiary/aromatic N) is 1. The molecule has 3 nitrogen and oxygen atoms in total. The van der Waals surface area contributed by atoms with E-state index in [0.717, 1.165) is 5.56 Å². The zero-order valence-electron chi connectivity index (χ0n) is 14.0. The average Bonchev–Trinajstić information content (AvgIpc) is 2.64. The first-order valence-corrected chi connectivity index (χ1v) is 8.78. The molecular formula is C20H19ClF2N2O. The van der Waals surface area contributed by atoms with Gasteiger partial charge in [-0.2, -0.15) is 0 Å². The topological polar surface area (TPSA) is 32.3 Å². The number of carbonyl (C=O) groups is 1. The second kappa shape index (κ2) is 8.32. The number of alkyl halides is 1. The van der Waals surface area contributed by atoms with Crippen molar-refractivity contribution in [3.8, 4) is 0 Å². The van der Waals surface area contributed by atoms with Gasteiger partial charge in [-0.1, -0.05) is 29.8 Å². The Labute approximate surface area is 156 Å². The number of nitrogens with one attached hydrogen (secondary N) is 1. The Bertz CT molecular complexity index is 795. The van der Waals surface area contributed by atoms with Crippen molar-refractivity contribution < 1.29 is 13.6 Å². The van der Waals surface area contributed by atoms with Crippen molar-refractivity contribution in [1.82, 2.24) is 4.90 Å². The molecule has 1 aliphatic rings. The van der Waals surface area contributed by atoms with Gasteiger partial charge in [-0.25, -0.2) is 8.78 Å². The fourth-order valence-corrected chi connectivity index (χ4v) is 3.10. The summed E-state index contributed by atoms with van der Waals surface area (Å²) in [5, 5.41) is 3.63. The summed E-state index contributed by atoms with van der Waals surface area (Å²) < 4.78 is 27.4. The number of anilines is 1. The molecule has 3 rings (SSSR count). The molecular weight excluding hydrogens is 358 g/mol. The molecule has 0 spiro atoms. The van der Waals surface area contributed by atoms with E-state index in [2.05, 4.69) is 5.32 Å². The number of amides is 1. The Hall–Kier alpha value is -2.40. The van der Waals surface area contributed by atoms with Crippen LogP contribution in [0.4, 0.5) is 14.5 Å². The first-order chi connectivity index (χ1) is 12.5. The van der Waals surface area contributed by atoms with Gasteiger partial charge < -0.3 is 10.2 Å². The highest BCUT2D eigenvalue weighted by molar-refractivity contribution is 6.32. The third-order valence-electron chi connectivity index (χ3n) is 4.36. The number of rotatable bonds is 4. The Balaban J connectivity index is 1.56. The van der Waals surface area contributed by atoms with Crippen LogP contribution in [0.15, 0.2) is 54.6 Å². The van der Waals surface area contributed by atoms with Gasteiger partial charge in [0.1, 0.15) is 12.0 Å². The smallest absolute Gasteiger partial charge is 0.246 e. The predicted molar refractivity (Wildman–Crippen MR) is 100 cm³/mol. The zero-order chi connectivity index (χ0) is 18.5. The highest BCUT2D eigenvalue weighted by atomic mass is 35.5. The molecule has 1 saturated heterocycles. The minimum absolute atomic E-state index is 0.0184. The summed E-state index contributed by atoms with van der Waals surface area (Å²) in [6, 6.07) is 12.6. The van der Waals surface area contributed by atoms with Crippen molar-refractivity contribution in [3.05, 3.63) is 71.0 Å². The quantitative estimate of drug-likeness (QED) is 0.794. The lowest BCUT2D eigenvalue weighted by Crippen LogP contribution is -2.49. The highest BCUT2D eigenvalue weighted by Crippen LogP contribution is 2.21. The third kappa shape index (κ3) is 4.61. The zero-order valence-corrected chi connectivity index (χ0v) is 14.8. The van der Waals surface area contributed by atoms with E-state index in [9.17, 15) is 13.6 Å². The van der Waals surface area contributed by atoms with Gasteiger partial charge in [-0.05, 0) is 48.4 Å². The number of benzene rings is 2. The summed E-state index contributed by atoms with van der Waals surface area (Å²) in [6.07, 6.45) is 2.33. The monoisotopic (exact) mass is 376 g/mol.